The molecule has 0 spiro atoms. The fourth-order valence-electron chi connectivity index (χ4n) is 9.45. The number of benzene rings is 9. The number of rotatable bonds is 7. The molecule has 0 atom stereocenters. The number of nitrogens with zero attached hydrogens (tertiary/aromatic N) is 2. The molecule has 0 fully saturated rings. The highest BCUT2D eigenvalue weighted by molar-refractivity contribution is 6.18. The molecule has 0 saturated carbocycles. The first-order valence-electron chi connectivity index (χ1n) is 20.5. The Balaban J connectivity index is 1.14. The van der Waals surface area contributed by atoms with Crippen LogP contribution < -0.4 is 4.90 Å². The van der Waals surface area contributed by atoms with Crippen LogP contribution in [0, 0.1) is 0 Å². The molecule has 0 N–H and O–H groups in total. The number of hydrogen-bond donors (Lipinski definition) is 0. The molecule has 2 heteroatoms. The van der Waals surface area contributed by atoms with E-state index in [0.29, 0.717) is 0 Å². The molecule has 0 unspecified atom stereocenters. The van der Waals surface area contributed by atoms with Crippen molar-refractivity contribution in [3.05, 3.63) is 230 Å². The lowest BCUT2D eigenvalue weighted by molar-refractivity contribution is 0.661. The standard InChI is InChI=1S/C57H42N2/c1-57(2)51-21-13-12-20-49(51)55-52(57)36-37-53-56(55)50-35-34-48(38-54(50)59(53)47-32-26-44(27-33-47)41-18-10-5-11-19-41)58(45-28-22-42(23-29-45)39-14-6-3-7-15-39)46-30-24-43(25-31-46)40-16-8-4-9-17-40/h3-38H,1-2H3. The number of hydrogen-bond acceptors (Lipinski definition) is 1. The van der Waals surface area contributed by atoms with E-state index in [0.717, 1.165) is 22.7 Å². The number of anilines is 3. The average Bonchev–Trinajstić information content (AvgIpc) is 3.75. The molecule has 59 heavy (non-hydrogen) atoms. The lowest BCUT2D eigenvalue weighted by Gasteiger charge is -2.26. The van der Waals surface area contributed by atoms with E-state index in [1.54, 1.807) is 0 Å². The van der Waals surface area contributed by atoms with Gasteiger partial charge in [0.25, 0.3) is 0 Å². The summed E-state index contributed by atoms with van der Waals surface area (Å²) in [6.45, 7) is 4.74. The van der Waals surface area contributed by atoms with Crippen LogP contribution in [0.5, 0.6) is 0 Å². The van der Waals surface area contributed by atoms with E-state index in [-0.39, 0.29) is 5.41 Å². The van der Waals surface area contributed by atoms with Crippen LogP contribution in [0.4, 0.5) is 17.1 Å². The van der Waals surface area contributed by atoms with E-state index in [1.165, 1.54) is 77.4 Å². The maximum atomic E-state index is 2.48. The van der Waals surface area contributed by atoms with E-state index in [4.69, 9.17) is 0 Å². The first-order chi connectivity index (χ1) is 29.0. The van der Waals surface area contributed by atoms with Gasteiger partial charge in [0.1, 0.15) is 0 Å². The normalized spacial score (nSPS) is 12.7. The van der Waals surface area contributed by atoms with Crippen LogP contribution in [0.1, 0.15) is 25.0 Å². The predicted octanol–water partition coefficient (Wildman–Crippen LogP) is 15.6. The summed E-state index contributed by atoms with van der Waals surface area (Å²) in [5.74, 6) is 0. The molecular weight excluding hydrogens is 713 g/mol. The van der Waals surface area contributed by atoms with Crippen LogP contribution in [0.2, 0.25) is 0 Å². The molecule has 280 valence electrons. The van der Waals surface area contributed by atoms with Gasteiger partial charge >= 0.3 is 0 Å². The summed E-state index contributed by atoms with van der Waals surface area (Å²) in [7, 11) is 0. The molecule has 9 aromatic carbocycles. The molecule has 11 rings (SSSR count). The van der Waals surface area contributed by atoms with Crippen molar-refractivity contribution in [1.82, 2.24) is 4.57 Å². The van der Waals surface area contributed by atoms with Crippen molar-refractivity contribution in [2.24, 2.45) is 0 Å². The van der Waals surface area contributed by atoms with Gasteiger partial charge in [-0.25, -0.2) is 0 Å². The largest absolute Gasteiger partial charge is 0.310 e. The van der Waals surface area contributed by atoms with Crippen LogP contribution >= 0.6 is 0 Å². The Bertz CT molecular complexity index is 3040. The Morgan fingerprint density at radius 3 is 1.37 bits per heavy atom. The van der Waals surface area contributed by atoms with Crippen molar-refractivity contribution >= 4 is 38.9 Å². The average molecular weight is 755 g/mol. The molecule has 1 heterocycles. The van der Waals surface area contributed by atoms with Crippen molar-refractivity contribution in [2.45, 2.75) is 19.3 Å². The Morgan fingerprint density at radius 2 is 0.831 bits per heavy atom. The minimum absolute atomic E-state index is 0.0968. The van der Waals surface area contributed by atoms with E-state index in [1.807, 2.05) is 0 Å². The van der Waals surface area contributed by atoms with Crippen LogP contribution in [0.25, 0.3) is 72.0 Å². The number of fused-ring (bicyclic) bond motifs is 7. The van der Waals surface area contributed by atoms with Crippen molar-refractivity contribution < 1.29 is 0 Å². The highest BCUT2D eigenvalue weighted by atomic mass is 15.1. The van der Waals surface area contributed by atoms with Crippen LogP contribution in [-0.4, -0.2) is 4.57 Å². The second-order valence-electron chi connectivity index (χ2n) is 16.2. The monoisotopic (exact) mass is 754 g/mol. The smallest absolute Gasteiger partial charge is 0.0562 e. The molecular formula is C57H42N2. The lowest BCUT2D eigenvalue weighted by atomic mass is 9.82. The van der Waals surface area contributed by atoms with Crippen LogP contribution in [0.15, 0.2) is 218 Å². The van der Waals surface area contributed by atoms with Gasteiger partial charge in [-0.3, -0.25) is 0 Å². The molecule has 0 saturated heterocycles. The number of aromatic nitrogens is 1. The topological polar surface area (TPSA) is 8.17 Å². The molecule has 1 aliphatic carbocycles. The zero-order valence-corrected chi connectivity index (χ0v) is 33.2. The Labute approximate surface area is 345 Å². The van der Waals surface area contributed by atoms with Gasteiger partial charge in [0, 0.05) is 38.9 Å². The van der Waals surface area contributed by atoms with Crippen molar-refractivity contribution in [2.75, 3.05) is 4.90 Å². The summed E-state index contributed by atoms with van der Waals surface area (Å²) < 4.78 is 2.48. The van der Waals surface area contributed by atoms with E-state index < -0.39 is 0 Å². The Kier molecular flexibility index (Phi) is 8.20. The quantitative estimate of drug-likeness (QED) is 0.157. The zero-order chi connectivity index (χ0) is 39.5. The molecule has 2 nitrogen and oxygen atoms in total. The zero-order valence-electron chi connectivity index (χ0n) is 33.2. The van der Waals surface area contributed by atoms with Gasteiger partial charge in [0.15, 0.2) is 0 Å². The third kappa shape index (κ3) is 5.79. The second-order valence-corrected chi connectivity index (χ2v) is 16.2. The first kappa shape index (κ1) is 34.8. The summed E-state index contributed by atoms with van der Waals surface area (Å²) in [5, 5.41) is 2.55. The minimum atomic E-state index is -0.0968. The van der Waals surface area contributed by atoms with Gasteiger partial charge in [-0.15, -0.1) is 0 Å². The highest BCUT2D eigenvalue weighted by Crippen LogP contribution is 2.53. The van der Waals surface area contributed by atoms with E-state index in [2.05, 4.69) is 242 Å². The maximum Gasteiger partial charge on any atom is 0.0562 e. The molecule has 0 amide bonds. The van der Waals surface area contributed by atoms with Gasteiger partial charge in [0.2, 0.25) is 0 Å². The first-order valence-corrected chi connectivity index (χ1v) is 20.5. The maximum absolute atomic E-state index is 2.48. The Morgan fingerprint density at radius 1 is 0.373 bits per heavy atom. The molecule has 0 bridgehead atoms. The molecule has 0 radical (unpaired) electrons. The minimum Gasteiger partial charge on any atom is -0.310 e. The molecule has 0 aliphatic heterocycles. The van der Waals surface area contributed by atoms with Crippen LogP contribution in [0.3, 0.4) is 0 Å². The third-order valence-electron chi connectivity index (χ3n) is 12.4. The molecule has 1 aliphatic rings. The lowest BCUT2D eigenvalue weighted by Crippen LogP contribution is -2.14. The summed E-state index contributed by atoms with van der Waals surface area (Å²) in [6, 6.07) is 79.7. The van der Waals surface area contributed by atoms with Gasteiger partial charge < -0.3 is 9.47 Å². The fourth-order valence-corrected chi connectivity index (χ4v) is 9.45. The van der Waals surface area contributed by atoms with E-state index >= 15 is 0 Å². The SMILES string of the molecule is CC1(C)c2ccccc2-c2c1ccc1c2c2ccc(N(c3ccc(-c4ccccc4)cc3)c3ccc(-c4ccccc4)cc3)cc2n1-c1ccc(-c2ccccc2)cc1. The predicted molar refractivity (Wildman–Crippen MR) is 249 cm³/mol. The van der Waals surface area contributed by atoms with Crippen molar-refractivity contribution in [3.8, 4) is 50.2 Å². The van der Waals surface area contributed by atoms with Gasteiger partial charge in [0.05, 0.1) is 11.0 Å². The van der Waals surface area contributed by atoms with Crippen molar-refractivity contribution in [1.29, 1.82) is 0 Å². The second kappa shape index (κ2) is 13.9. The fraction of sp³-hybridized carbons (Fsp3) is 0.0526. The van der Waals surface area contributed by atoms with Crippen molar-refractivity contribution in [3.63, 3.8) is 0 Å². The summed E-state index contributed by atoms with van der Waals surface area (Å²) in [6.07, 6.45) is 0. The van der Waals surface area contributed by atoms with E-state index in [9.17, 15) is 0 Å². The summed E-state index contributed by atoms with van der Waals surface area (Å²) in [4.78, 5) is 2.40. The summed E-state index contributed by atoms with van der Waals surface area (Å²) in [5.41, 5.74) is 19.4. The third-order valence-corrected chi connectivity index (χ3v) is 12.4. The Hall–Kier alpha value is -7.42. The molecule has 1 aromatic heterocycles. The summed E-state index contributed by atoms with van der Waals surface area (Å²) >= 11 is 0. The van der Waals surface area contributed by atoms with Gasteiger partial charge in [-0.2, -0.15) is 0 Å². The van der Waals surface area contributed by atoms with Gasteiger partial charge in [-0.1, -0.05) is 178 Å². The van der Waals surface area contributed by atoms with Crippen LogP contribution in [-0.2, 0) is 5.41 Å². The molecule has 10 aromatic rings. The highest BCUT2D eigenvalue weighted by Gasteiger charge is 2.37. The van der Waals surface area contributed by atoms with Gasteiger partial charge in [-0.05, 0) is 110 Å².